The molecule has 2 aliphatic rings. The van der Waals surface area contributed by atoms with Gasteiger partial charge in [-0.1, -0.05) is 105 Å². The number of hydrogen-bond donors (Lipinski definition) is 0. The van der Waals surface area contributed by atoms with Gasteiger partial charge in [0.15, 0.2) is 17.5 Å². The molecule has 5 aromatic carbocycles. The average molecular weight is 528 g/mol. The topological polar surface area (TPSA) is 38.7 Å². The summed E-state index contributed by atoms with van der Waals surface area (Å²) in [5, 5.41) is 5.24. The Hall–Kier alpha value is -4.89. The predicted molar refractivity (Wildman–Crippen MR) is 170 cm³/mol. The summed E-state index contributed by atoms with van der Waals surface area (Å²) in [7, 11) is 0. The van der Waals surface area contributed by atoms with Crippen LogP contribution in [0.1, 0.15) is 43.6 Å². The van der Waals surface area contributed by atoms with Crippen LogP contribution in [0.3, 0.4) is 0 Å². The second-order valence-corrected chi connectivity index (χ2v) is 11.6. The highest BCUT2D eigenvalue weighted by atomic mass is 15.0. The fourth-order valence-corrected chi connectivity index (χ4v) is 6.54. The summed E-state index contributed by atoms with van der Waals surface area (Å²) in [5.41, 5.74) is 8.25. The Bertz CT molecular complexity index is 2050. The third kappa shape index (κ3) is 3.84. The highest BCUT2D eigenvalue weighted by molar-refractivity contribution is 6.16. The summed E-state index contributed by atoms with van der Waals surface area (Å²) in [6.07, 6.45) is 8.37. The quantitative estimate of drug-likeness (QED) is 0.214. The van der Waals surface area contributed by atoms with Crippen LogP contribution in [0, 0.1) is 0 Å². The van der Waals surface area contributed by atoms with Gasteiger partial charge >= 0.3 is 0 Å². The van der Waals surface area contributed by atoms with Crippen molar-refractivity contribution in [3.05, 3.63) is 132 Å². The van der Waals surface area contributed by atoms with E-state index in [1.165, 1.54) is 43.8 Å². The number of nitrogens with zero attached hydrogens (tertiary/aromatic N) is 3. The van der Waals surface area contributed by atoms with Crippen molar-refractivity contribution in [1.29, 1.82) is 0 Å². The van der Waals surface area contributed by atoms with Gasteiger partial charge in [0, 0.05) is 16.5 Å². The van der Waals surface area contributed by atoms with Crippen molar-refractivity contribution >= 4 is 27.1 Å². The summed E-state index contributed by atoms with van der Waals surface area (Å²) in [5.74, 6) is 2.20. The molecule has 6 aromatic rings. The van der Waals surface area contributed by atoms with E-state index in [4.69, 9.17) is 15.0 Å². The zero-order valence-electron chi connectivity index (χ0n) is 23.2. The van der Waals surface area contributed by atoms with Crippen molar-refractivity contribution in [1.82, 2.24) is 15.0 Å². The van der Waals surface area contributed by atoms with Crippen LogP contribution in [-0.2, 0) is 5.41 Å². The van der Waals surface area contributed by atoms with Gasteiger partial charge in [0.05, 0.1) is 0 Å². The van der Waals surface area contributed by atoms with Crippen molar-refractivity contribution < 1.29 is 0 Å². The van der Waals surface area contributed by atoms with E-state index in [2.05, 4.69) is 111 Å². The van der Waals surface area contributed by atoms with Crippen LogP contribution >= 0.6 is 0 Å². The summed E-state index contributed by atoms with van der Waals surface area (Å²) < 4.78 is 0. The Labute approximate surface area is 240 Å². The number of hydrogen-bond acceptors (Lipinski definition) is 3. The third-order valence-electron chi connectivity index (χ3n) is 8.71. The lowest BCUT2D eigenvalue weighted by molar-refractivity contribution is 0.663. The normalized spacial score (nSPS) is 15.1. The third-order valence-corrected chi connectivity index (χ3v) is 8.71. The average Bonchev–Trinajstić information content (AvgIpc) is 3.27. The Balaban J connectivity index is 1.33. The first kappa shape index (κ1) is 24.0. The van der Waals surface area contributed by atoms with Gasteiger partial charge in [-0.3, -0.25) is 0 Å². The molecule has 1 aromatic heterocycles. The van der Waals surface area contributed by atoms with E-state index in [-0.39, 0.29) is 5.41 Å². The molecule has 0 radical (unpaired) electrons. The molecule has 8 rings (SSSR count). The smallest absolute Gasteiger partial charge is 0.164 e. The molecule has 0 aliphatic heterocycles. The predicted octanol–water partition coefficient (Wildman–Crippen LogP) is 9.55. The van der Waals surface area contributed by atoms with Crippen LogP contribution in [0.5, 0.6) is 0 Å². The fraction of sp³-hybridized carbons (Fsp3) is 0.132. The van der Waals surface area contributed by atoms with Crippen molar-refractivity contribution in [3.63, 3.8) is 0 Å². The molecule has 3 nitrogen and oxygen atoms in total. The first-order valence-electron chi connectivity index (χ1n) is 14.4. The highest BCUT2D eigenvalue weighted by Gasteiger charge is 2.35. The Morgan fingerprint density at radius 3 is 1.76 bits per heavy atom. The van der Waals surface area contributed by atoms with E-state index >= 15 is 0 Å². The molecule has 0 spiro atoms. The monoisotopic (exact) mass is 527 g/mol. The molecule has 0 N–H and O–H groups in total. The van der Waals surface area contributed by atoms with Gasteiger partial charge in [0.25, 0.3) is 0 Å². The molecule has 41 heavy (non-hydrogen) atoms. The first-order chi connectivity index (χ1) is 20.1. The molecule has 0 amide bonds. The van der Waals surface area contributed by atoms with Crippen LogP contribution in [0.4, 0.5) is 0 Å². The van der Waals surface area contributed by atoms with Gasteiger partial charge in [0.1, 0.15) is 0 Å². The van der Waals surface area contributed by atoms with E-state index in [0.717, 1.165) is 41.2 Å². The number of benzene rings is 5. The van der Waals surface area contributed by atoms with Gasteiger partial charge in [0.2, 0.25) is 0 Å². The zero-order chi connectivity index (χ0) is 27.6. The van der Waals surface area contributed by atoms with Crippen molar-refractivity contribution in [3.8, 4) is 33.9 Å². The van der Waals surface area contributed by atoms with E-state index in [0.29, 0.717) is 5.82 Å². The molecular formula is C38H29N3. The minimum atomic E-state index is -0.157. The van der Waals surface area contributed by atoms with Gasteiger partial charge in [-0.2, -0.15) is 0 Å². The molecule has 196 valence electrons. The number of aromatic nitrogens is 3. The van der Waals surface area contributed by atoms with E-state index in [9.17, 15) is 0 Å². The van der Waals surface area contributed by atoms with Gasteiger partial charge in [-0.15, -0.1) is 0 Å². The first-order valence-corrected chi connectivity index (χ1v) is 14.4. The maximum absolute atomic E-state index is 5.07. The van der Waals surface area contributed by atoms with Gasteiger partial charge < -0.3 is 0 Å². The molecule has 0 saturated carbocycles. The molecule has 0 fully saturated rings. The van der Waals surface area contributed by atoms with Gasteiger partial charge in [-0.25, -0.2) is 15.0 Å². The molecular weight excluding hydrogens is 498 g/mol. The lowest BCUT2D eigenvalue weighted by Gasteiger charge is -2.23. The number of rotatable bonds is 4. The molecule has 0 atom stereocenters. The Kier molecular flexibility index (Phi) is 5.30. The van der Waals surface area contributed by atoms with Crippen LogP contribution in [-0.4, -0.2) is 15.0 Å². The zero-order valence-corrected chi connectivity index (χ0v) is 23.2. The van der Waals surface area contributed by atoms with Crippen LogP contribution in [0.25, 0.3) is 61.0 Å². The summed E-state index contributed by atoms with van der Waals surface area (Å²) in [6.45, 7) is 4.70. The maximum atomic E-state index is 5.07. The molecule has 3 heteroatoms. The van der Waals surface area contributed by atoms with Crippen LogP contribution < -0.4 is 0 Å². The van der Waals surface area contributed by atoms with Crippen LogP contribution in [0.15, 0.2) is 115 Å². The highest BCUT2D eigenvalue weighted by Crippen LogP contribution is 2.51. The summed E-state index contributed by atoms with van der Waals surface area (Å²) >= 11 is 0. The lowest BCUT2D eigenvalue weighted by Crippen LogP contribution is -2.15. The molecule has 2 aliphatic carbocycles. The SMILES string of the molecule is CC1(C)c2cc(-c3ccccc3)cc3ccc4cc(-c5nc(C6=CC=CCC6)nc(-c6ccccc6)n5)cc1c4c23. The molecule has 0 unspecified atom stereocenters. The van der Waals surface area contributed by atoms with E-state index in [1.54, 1.807) is 0 Å². The second kappa shape index (κ2) is 9.07. The van der Waals surface area contributed by atoms with Gasteiger partial charge in [-0.05, 0) is 86.5 Å². The fourth-order valence-electron chi connectivity index (χ4n) is 6.54. The lowest BCUT2D eigenvalue weighted by atomic mass is 9.80. The van der Waals surface area contributed by atoms with Crippen LogP contribution in [0.2, 0.25) is 0 Å². The Morgan fingerprint density at radius 2 is 1.12 bits per heavy atom. The van der Waals surface area contributed by atoms with E-state index < -0.39 is 0 Å². The molecule has 0 saturated heterocycles. The maximum Gasteiger partial charge on any atom is 0.164 e. The Morgan fingerprint density at radius 1 is 0.561 bits per heavy atom. The summed E-state index contributed by atoms with van der Waals surface area (Å²) in [6, 6.07) is 34.8. The molecule has 0 bridgehead atoms. The van der Waals surface area contributed by atoms with Crippen molar-refractivity contribution in [2.75, 3.05) is 0 Å². The standard InChI is InChI=1S/C38H29N3/c1-38(2)31-22-29(24-12-6-3-7-13-24)20-27-18-19-28-21-30(23-32(38)34(28)33(27)31)37-40-35(25-14-8-4-9-15-25)39-36(41-37)26-16-10-5-11-17-26/h3-10,12-16,18-23H,11,17H2,1-2H3. The van der Waals surface area contributed by atoms with E-state index in [1.807, 2.05) is 18.2 Å². The van der Waals surface area contributed by atoms with Crippen molar-refractivity contribution in [2.24, 2.45) is 0 Å². The minimum absolute atomic E-state index is 0.157. The summed E-state index contributed by atoms with van der Waals surface area (Å²) in [4.78, 5) is 15.1. The largest absolute Gasteiger partial charge is 0.209 e. The number of allylic oxidation sites excluding steroid dienone is 4. The minimum Gasteiger partial charge on any atom is -0.209 e. The van der Waals surface area contributed by atoms with Crippen molar-refractivity contribution in [2.45, 2.75) is 32.1 Å². The molecule has 1 heterocycles. The second-order valence-electron chi connectivity index (χ2n) is 11.6.